The quantitative estimate of drug-likeness (QED) is 0.588. The number of aromatic amines is 1. The summed E-state index contributed by atoms with van der Waals surface area (Å²) < 4.78 is 16.1. The Labute approximate surface area is 179 Å². The summed E-state index contributed by atoms with van der Waals surface area (Å²) in [6, 6.07) is 13.4. The zero-order valence-electron chi connectivity index (χ0n) is 16.9. The summed E-state index contributed by atoms with van der Waals surface area (Å²) >= 11 is 5.57. The molecule has 156 valence electrons. The number of nitrogens with zero attached hydrogens (tertiary/aromatic N) is 1. The third-order valence-electron chi connectivity index (χ3n) is 4.92. The maximum Gasteiger partial charge on any atom is 0.253 e. The van der Waals surface area contributed by atoms with E-state index in [0.717, 1.165) is 16.7 Å². The molecule has 0 unspecified atom stereocenters. The van der Waals surface area contributed by atoms with Gasteiger partial charge < -0.3 is 29.4 Å². The zero-order valence-corrected chi connectivity index (χ0v) is 17.7. The lowest BCUT2D eigenvalue weighted by Gasteiger charge is -2.26. The van der Waals surface area contributed by atoms with Crippen molar-refractivity contribution < 1.29 is 14.2 Å². The van der Waals surface area contributed by atoms with Gasteiger partial charge >= 0.3 is 0 Å². The lowest BCUT2D eigenvalue weighted by molar-refractivity contribution is 0.174. The number of fused-ring (bicyclic) bond motifs is 2. The Balaban J connectivity index is 1.63. The summed E-state index contributed by atoms with van der Waals surface area (Å²) in [6.45, 7) is 3.82. The Kier molecular flexibility index (Phi) is 5.76. The fourth-order valence-electron chi connectivity index (χ4n) is 3.38. The first kappa shape index (κ1) is 20.0. The molecule has 0 amide bonds. The van der Waals surface area contributed by atoms with E-state index in [1.807, 2.05) is 48.2 Å². The average molecular weight is 426 g/mol. The van der Waals surface area contributed by atoms with Gasteiger partial charge in [-0.05, 0) is 49.0 Å². The van der Waals surface area contributed by atoms with Gasteiger partial charge in [0.05, 0.1) is 19.2 Å². The van der Waals surface area contributed by atoms with Gasteiger partial charge in [0.2, 0.25) is 6.79 Å². The largest absolute Gasteiger partial charge is 0.497 e. The van der Waals surface area contributed by atoms with Gasteiger partial charge in [0, 0.05) is 30.1 Å². The van der Waals surface area contributed by atoms with E-state index < -0.39 is 0 Å². The first-order valence-electron chi connectivity index (χ1n) is 9.68. The van der Waals surface area contributed by atoms with Crippen molar-refractivity contribution in [3.8, 4) is 17.2 Å². The highest BCUT2D eigenvalue weighted by molar-refractivity contribution is 7.80. The van der Waals surface area contributed by atoms with Gasteiger partial charge in [0.25, 0.3) is 5.56 Å². The summed E-state index contributed by atoms with van der Waals surface area (Å²) in [5, 5.41) is 4.66. The first-order valence-corrected chi connectivity index (χ1v) is 10.1. The summed E-state index contributed by atoms with van der Waals surface area (Å²) in [6.07, 6.45) is 0. The van der Waals surface area contributed by atoms with E-state index >= 15 is 0 Å². The van der Waals surface area contributed by atoms with E-state index in [-0.39, 0.29) is 12.4 Å². The topological polar surface area (TPSA) is 75.8 Å². The Morgan fingerprint density at radius 2 is 1.90 bits per heavy atom. The maximum absolute atomic E-state index is 12.8. The van der Waals surface area contributed by atoms with Crippen LogP contribution in [0.1, 0.15) is 18.1 Å². The number of nitrogens with one attached hydrogen (secondary N) is 2. The zero-order chi connectivity index (χ0) is 21.1. The second-order valence-electron chi connectivity index (χ2n) is 6.96. The number of aromatic nitrogens is 1. The van der Waals surface area contributed by atoms with Crippen molar-refractivity contribution in [2.75, 3.05) is 20.4 Å². The van der Waals surface area contributed by atoms with E-state index in [4.69, 9.17) is 26.4 Å². The van der Waals surface area contributed by atoms with Crippen LogP contribution in [-0.2, 0) is 13.1 Å². The van der Waals surface area contributed by atoms with Crippen molar-refractivity contribution >= 4 is 28.2 Å². The number of thiocarbonyl (C=S) groups is 1. The molecule has 0 saturated carbocycles. The minimum atomic E-state index is -0.152. The molecule has 0 bridgehead atoms. The molecular weight excluding hydrogens is 402 g/mol. The molecule has 30 heavy (non-hydrogen) atoms. The molecule has 0 radical (unpaired) electrons. The monoisotopic (exact) mass is 425 g/mol. The molecule has 2 N–H and O–H groups in total. The number of hydrogen-bond donors (Lipinski definition) is 2. The molecule has 8 heteroatoms. The predicted molar refractivity (Wildman–Crippen MR) is 119 cm³/mol. The van der Waals surface area contributed by atoms with Crippen molar-refractivity contribution in [1.82, 2.24) is 15.2 Å². The molecule has 4 rings (SSSR count). The Hall–Kier alpha value is -3.26. The van der Waals surface area contributed by atoms with E-state index in [1.165, 1.54) is 0 Å². The highest BCUT2D eigenvalue weighted by Gasteiger charge is 2.17. The van der Waals surface area contributed by atoms with Gasteiger partial charge in [0.15, 0.2) is 16.6 Å². The molecule has 0 spiro atoms. The van der Waals surface area contributed by atoms with Crippen LogP contribution < -0.4 is 25.1 Å². The van der Waals surface area contributed by atoms with Crippen LogP contribution >= 0.6 is 12.2 Å². The predicted octanol–water partition coefficient (Wildman–Crippen LogP) is 3.16. The molecule has 0 fully saturated rings. The number of H-pyrrole nitrogens is 1. The van der Waals surface area contributed by atoms with Crippen molar-refractivity contribution in [3.63, 3.8) is 0 Å². The molecule has 0 aliphatic carbocycles. The van der Waals surface area contributed by atoms with Gasteiger partial charge in [-0.2, -0.15) is 0 Å². The highest BCUT2D eigenvalue weighted by Crippen LogP contribution is 2.35. The minimum absolute atomic E-state index is 0.152. The molecule has 0 saturated heterocycles. The number of ether oxygens (including phenoxy) is 3. The minimum Gasteiger partial charge on any atom is -0.497 e. The number of methoxy groups -OCH3 is 1. The molecule has 1 aliphatic heterocycles. The van der Waals surface area contributed by atoms with Crippen molar-refractivity contribution in [3.05, 3.63) is 63.9 Å². The second-order valence-corrected chi connectivity index (χ2v) is 7.34. The molecule has 2 heterocycles. The van der Waals surface area contributed by atoms with Crippen LogP contribution in [0.4, 0.5) is 0 Å². The van der Waals surface area contributed by atoms with E-state index in [2.05, 4.69) is 10.3 Å². The maximum atomic E-state index is 12.8. The van der Waals surface area contributed by atoms with Gasteiger partial charge in [0.1, 0.15) is 5.75 Å². The highest BCUT2D eigenvalue weighted by atomic mass is 32.1. The molecule has 0 atom stereocenters. The molecule has 3 aromatic rings. The van der Waals surface area contributed by atoms with Crippen LogP contribution in [0.15, 0.2) is 47.3 Å². The summed E-state index contributed by atoms with van der Waals surface area (Å²) in [7, 11) is 1.64. The van der Waals surface area contributed by atoms with E-state index in [0.29, 0.717) is 47.3 Å². The smallest absolute Gasteiger partial charge is 0.253 e. The fourth-order valence-corrected chi connectivity index (χ4v) is 3.65. The number of hydrogen-bond acceptors (Lipinski definition) is 5. The van der Waals surface area contributed by atoms with Gasteiger partial charge in [-0.3, -0.25) is 4.79 Å². The van der Waals surface area contributed by atoms with Crippen LogP contribution in [-0.4, -0.2) is 35.4 Å². The summed E-state index contributed by atoms with van der Waals surface area (Å²) in [5.41, 5.74) is 2.25. The van der Waals surface area contributed by atoms with Crippen LogP contribution in [0.25, 0.3) is 10.9 Å². The Bertz CT molecular complexity index is 1130. The van der Waals surface area contributed by atoms with Crippen molar-refractivity contribution in [2.24, 2.45) is 0 Å². The van der Waals surface area contributed by atoms with Crippen molar-refractivity contribution in [1.29, 1.82) is 0 Å². The third-order valence-corrected chi connectivity index (χ3v) is 5.33. The normalized spacial score (nSPS) is 12.1. The number of benzene rings is 2. The van der Waals surface area contributed by atoms with E-state index in [9.17, 15) is 4.79 Å². The number of rotatable bonds is 6. The molecule has 7 nitrogen and oxygen atoms in total. The Morgan fingerprint density at radius 3 is 2.60 bits per heavy atom. The SMILES string of the molecule is CCNC(=S)N(Cc1ccc(OC)cc1)Cc1cc2cc3c(cc2[nH]c1=O)OCO3. The van der Waals surface area contributed by atoms with Crippen molar-refractivity contribution in [2.45, 2.75) is 20.0 Å². The standard InChI is InChI=1S/C22H23N3O4S/c1-3-23-22(30)25(11-14-4-6-17(27-2)7-5-14)12-16-8-15-9-19-20(29-13-28-19)10-18(15)24-21(16)26/h4-10H,3,11-13H2,1-2H3,(H,23,30)(H,24,26). The van der Waals surface area contributed by atoms with Gasteiger partial charge in [-0.1, -0.05) is 12.1 Å². The first-order chi connectivity index (χ1) is 14.6. The molecular formula is C22H23N3O4S. The average Bonchev–Trinajstić information content (AvgIpc) is 3.20. The number of pyridine rings is 1. The second kappa shape index (κ2) is 8.62. The molecule has 1 aromatic heterocycles. The summed E-state index contributed by atoms with van der Waals surface area (Å²) in [4.78, 5) is 17.7. The third kappa shape index (κ3) is 4.18. The van der Waals surface area contributed by atoms with Crippen LogP contribution in [0.3, 0.4) is 0 Å². The lowest BCUT2D eigenvalue weighted by Crippen LogP contribution is -2.39. The van der Waals surface area contributed by atoms with Crippen LogP contribution in [0.2, 0.25) is 0 Å². The molecule has 2 aromatic carbocycles. The van der Waals surface area contributed by atoms with Crippen LogP contribution in [0, 0.1) is 0 Å². The summed E-state index contributed by atoms with van der Waals surface area (Å²) in [5.74, 6) is 2.11. The van der Waals surface area contributed by atoms with Crippen LogP contribution in [0.5, 0.6) is 17.2 Å². The van der Waals surface area contributed by atoms with Gasteiger partial charge in [-0.15, -0.1) is 0 Å². The Morgan fingerprint density at radius 1 is 1.17 bits per heavy atom. The molecule has 1 aliphatic rings. The van der Waals surface area contributed by atoms with Gasteiger partial charge in [-0.25, -0.2) is 0 Å². The van der Waals surface area contributed by atoms with E-state index in [1.54, 1.807) is 13.2 Å². The lowest BCUT2D eigenvalue weighted by atomic mass is 10.1. The fraction of sp³-hybridized carbons (Fsp3) is 0.273.